The highest BCUT2D eigenvalue weighted by atomic mass is 16.5. The summed E-state index contributed by atoms with van der Waals surface area (Å²) in [4.78, 5) is 16.2. The van der Waals surface area contributed by atoms with Crippen molar-refractivity contribution in [1.29, 1.82) is 0 Å². The molecule has 0 atom stereocenters. The van der Waals surface area contributed by atoms with Crippen LogP contribution in [-0.4, -0.2) is 29.3 Å². The van der Waals surface area contributed by atoms with Gasteiger partial charge in [-0.3, -0.25) is 4.79 Å². The molecule has 5 nitrogen and oxygen atoms in total. The van der Waals surface area contributed by atoms with Gasteiger partial charge in [-0.05, 0) is 25.2 Å². The lowest BCUT2D eigenvalue weighted by Crippen LogP contribution is -2.28. The molecule has 1 aliphatic rings. The molecule has 0 amide bonds. The molecule has 0 radical (unpaired) electrons. The Morgan fingerprint density at radius 2 is 2.28 bits per heavy atom. The minimum absolute atomic E-state index is 0.0218. The zero-order chi connectivity index (χ0) is 12.8. The molecule has 100 valence electrons. The third kappa shape index (κ3) is 3.32. The molecule has 0 aromatic carbocycles. The summed E-state index contributed by atoms with van der Waals surface area (Å²) < 4.78 is 7.02. The monoisotopic (exact) mass is 251 g/mol. The molecular formula is C13H21N3O2. The zero-order valence-electron chi connectivity index (χ0n) is 10.9. The molecule has 2 heterocycles. The normalized spacial score (nSPS) is 16.7. The van der Waals surface area contributed by atoms with E-state index in [4.69, 9.17) is 4.74 Å². The lowest BCUT2D eigenvalue weighted by Gasteiger charge is -2.22. The van der Waals surface area contributed by atoms with Gasteiger partial charge in [0.25, 0.3) is 5.56 Å². The van der Waals surface area contributed by atoms with Gasteiger partial charge in [0.2, 0.25) is 0 Å². The second kappa shape index (κ2) is 6.54. The fourth-order valence-corrected chi connectivity index (χ4v) is 2.18. The number of aryl methyl sites for hydroxylation is 1. The van der Waals surface area contributed by atoms with Crippen molar-refractivity contribution in [3.05, 3.63) is 22.7 Å². The van der Waals surface area contributed by atoms with Crippen LogP contribution in [0.3, 0.4) is 0 Å². The van der Waals surface area contributed by atoms with Crippen LogP contribution in [0, 0.1) is 5.92 Å². The first-order valence-corrected chi connectivity index (χ1v) is 6.68. The summed E-state index contributed by atoms with van der Waals surface area (Å²) in [5, 5.41) is 3.18. The first kappa shape index (κ1) is 13.1. The number of nitrogens with zero attached hydrogens (tertiary/aromatic N) is 2. The van der Waals surface area contributed by atoms with Crippen LogP contribution in [0.15, 0.2) is 17.2 Å². The van der Waals surface area contributed by atoms with E-state index in [1.807, 2.05) is 0 Å². The highest BCUT2D eigenvalue weighted by Crippen LogP contribution is 2.14. The molecule has 2 rings (SSSR count). The average molecular weight is 251 g/mol. The Bertz CT molecular complexity index is 424. The smallest absolute Gasteiger partial charge is 0.293 e. The summed E-state index contributed by atoms with van der Waals surface area (Å²) in [6.45, 7) is 5.26. The molecule has 0 bridgehead atoms. The molecule has 0 unspecified atom stereocenters. The lowest BCUT2D eigenvalue weighted by atomic mass is 10.0. The van der Waals surface area contributed by atoms with E-state index in [9.17, 15) is 4.79 Å². The lowest BCUT2D eigenvalue weighted by molar-refractivity contribution is 0.0699. The molecule has 0 aliphatic carbocycles. The molecule has 1 N–H and O–H groups in total. The van der Waals surface area contributed by atoms with Crippen LogP contribution in [0.5, 0.6) is 0 Å². The van der Waals surface area contributed by atoms with Gasteiger partial charge in [-0.25, -0.2) is 4.98 Å². The maximum Gasteiger partial charge on any atom is 0.293 e. The van der Waals surface area contributed by atoms with Crippen LogP contribution in [0.1, 0.15) is 26.2 Å². The van der Waals surface area contributed by atoms with E-state index in [0.717, 1.165) is 45.6 Å². The van der Waals surface area contributed by atoms with Crippen molar-refractivity contribution in [2.24, 2.45) is 5.92 Å². The fourth-order valence-electron chi connectivity index (χ4n) is 2.18. The molecule has 0 saturated carbocycles. The third-order valence-corrected chi connectivity index (χ3v) is 3.28. The predicted octanol–water partition coefficient (Wildman–Crippen LogP) is 1.49. The summed E-state index contributed by atoms with van der Waals surface area (Å²) in [7, 11) is 0. The minimum atomic E-state index is -0.0218. The maximum atomic E-state index is 12.0. The van der Waals surface area contributed by atoms with Crippen molar-refractivity contribution in [1.82, 2.24) is 9.55 Å². The van der Waals surface area contributed by atoms with Gasteiger partial charge in [-0.15, -0.1) is 0 Å². The van der Waals surface area contributed by atoms with Gasteiger partial charge in [-0.1, -0.05) is 6.92 Å². The number of rotatable bonds is 5. The Morgan fingerprint density at radius 3 is 3.00 bits per heavy atom. The van der Waals surface area contributed by atoms with Crippen molar-refractivity contribution >= 4 is 5.82 Å². The average Bonchev–Trinajstić information content (AvgIpc) is 2.41. The fraction of sp³-hybridized carbons (Fsp3) is 0.692. The SMILES string of the molecule is CCCn1ccnc(NCC2CCOCC2)c1=O. The van der Waals surface area contributed by atoms with Crippen molar-refractivity contribution in [2.75, 3.05) is 25.1 Å². The molecule has 1 aromatic heterocycles. The van der Waals surface area contributed by atoms with Gasteiger partial charge in [0, 0.05) is 38.7 Å². The van der Waals surface area contributed by atoms with Crippen LogP contribution < -0.4 is 10.9 Å². The van der Waals surface area contributed by atoms with E-state index in [0.29, 0.717) is 11.7 Å². The van der Waals surface area contributed by atoms with Crippen LogP contribution in [0.2, 0.25) is 0 Å². The highest BCUT2D eigenvalue weighted by Gasteiger charge is 2.14. The second-order valence-corrected chi connectivity index (χ2v) is 4.71. The zero-order valence-corrected chi connectivity index (χ0v) is 10.9. The summed E-state index contributed by atoms with van der Waals surface area (Å²) in [5.41, 5.74) is -0.0218. The number of anilines is 1. The topological polar surface area (TPSA) is 56.1 Å². The molecule has 0 spiro atoms. The summed E-state index contributed by atoms with van der Waals surface area (Å²) in [5.74, 6) is 1.05. The van der Waals surface area contributed by atoms with Crippen LogP contribution in [-0.2, 0) is 11.3 Å². The third-order valence-electron chi connectivity index (χ3n) is 3.28. The molecule has 1 aliphatic heterocycles. The van der Waals surface area contributed by atoms with Crippen LogP contribution in [0.4, 0.5) is 5.82 Å². The van der Waals surface area contributed by atoms with Crippen LogP contribution in [0.25, 0.3) is 0 Å². The van der Waals surface area contributed by atoms with Crippen molar-refractivity contribution < 1.29 is 4.74 Å². The molecule has 1 fully saturated rings. The van der Waals surface area contributed by atoms with Gasteiger partial charge in [0.1, 0.15) is 0 Å². The molecule has 1 saturated heterocycles. The Kier molecular flexibility index (Phi) is 4.75. The van der Waals surface area contributed by atoms with Crippen LogP contribution >= 0.6 is 0 Å². The molecule has 1 aromatic rings. The summed E-state index contributed by atoms with van der Waals surface area (Å²) in [6, 6.07) is 0. The van der Waals surface area contributed by atoms with E-state index in [-0.39, 0.29) is 5.56 Å². The largest absolute Gasteiger partial charge is 0.381 e. The van der Waals surface area contributed by atoms with Gasteiger partial charge >= 0.3 is 0 Å². The van der Waals surface area contributed by atoms with Gasteiger partial charge in [-0.2, -0.15) is 0 Å². The van der Waals surface area contributed by atoms with Crippen molar-refractivity contribution in [3.63, 3.8) is 0 Å². The Morgan fingerprint density at radius 1 is 1.50 bits per heavy atom. The Labute approximate surface area is 107 Å². The number of hydrogen-bond acceptors (Lipinski definition) is 4. The van der Waals surface area contributed by atoms with E-state index in [2.05, 4.69) is 17.2 Å². The first-order valence-electron chi connectivity index (χ1n) is 6.68. The predicted molar refractivity (Wildman–Crippen MR) is 70.8 cm³/mol. The Balaban J connectivity index is 1.96. The van der Waals surface area contributed by atoms with E-state index < -0.39 is 0 Å². The van der Waals surface area contributed by atoms with Crippen molar-refractivity contribution in [2.45, 2.75) is 32.7 Å². The number of ether oxygens (including phenoxy) is 1. The van der Waals surface area contributed by atoms with E-state index in [1.165, 1.54) is 0 Å². The minimum Gasteiger partial charge on any atom is -0.381 e. The Hall–Kier alpha value is -1.36. The summed E-state index contributed by atoms with van der Waals surface area (Å²) >= 11 is 0. The van der Waals surface area contributed by atoms with Gasteiger partial charge < -0.3 is 14.6 Å². The standard InChI is InChI=1S/C13H21N3O2/c1-2-6-16-7-5-14-12(13(16)17)15-10-11-3-8-18-9-4-11/h5,7,11H,2-4,6,8-10H2,1H3,(H,14,15). The number of hydrogen-bond donors (Lipinski definition) is 1. The summed E-state index contributed by atoms with van der Waals surface area (Å²) in [6.07, 6.45) is 6.49. The molecular weight excluding hydrogens is 230 g/mol. The molecule has 18 heavy (non-hydrogen) atoms. The second-order valence-electron chi connectivity index (χ2n) is 4.71. The highest BCUT2D eigenvalue weighted by molar-refractivity contribution is 5.30. The first-order chi connectivity index (χ1) is 8.81. The number of aromatic nitrogens is 2. The molecule has 5 heteroatoms. The van der Waals surface area contributed by atoms with E-state index >= 15 is 0 Å². The van der Waals surface area contributed by atoms with E-state index in [1.54, 1.807) is 17.0 Å². The van der Waals surface area contributed by atoms with Gasteiger partial charge in [0.05, 0.1) is 0 Å². The quantitative estimate of drug-likeness (QED) is 0.861. The van der Waals surface area contributed by atoms with Gasteiger partial charge in [0.15, 0.2) is 5.82 Å². The van der Waals surface area contributed by atoms with Crippen molar-refractivity contribution in [3.8, 4) is 0 Å². The maximum absolute atomic E-state index is 12.0. The number of nitrogens with one attached hydrogen (secondary N) is 1.